The lowest BCUT2D eigenvalue weighted by Gasteiger charge is -2.23. The Morgan fingerprint density at radius 2 is 1.62 bits per heavy atom. The van der Waals surface area contributed by atoms with Crippen LogP contribution in [0.5, 0.6) is 5.75 Å². The Morgan fingerprint density at radius 1 is 1.12 bits per heavy atom. The first-order chi connectivity index (χ1) is 7.26. The molecule has 0 saturated carbocycles. The van der Waals surface area contributed by atoms with Crippen LogP contribution in [0.4, 0.5) is 23.2 Å². The highest BCUT2D eigenvalue weighted by Crippen LogP contribution is 2.35. The molecule has 0 fully saturated rings. The second-order valence-electron chi connectivity index (χ2n) is 3.18. The van der Waals surface area contributed by atoms with Crippen molar-refractivity contribution in [3.8, 4) is 5.75 Å². The molecule has 0 aromatic heterocycles. The Hall–Kier alpha value is -1.50. The van der Waals surface area contributed by atoms with E-state index in [0.29, 0.717) is 5.69 Å². The van der Waals surface area contributed by atoms with E-state index >= 15 is 0 Å². The Labute approximate surface area is 89.2 Å². The lowest BCUT2D eigenvalue weighted by atomic mass is 10.3. The van der Waals surface area contributed by atoms with Gasteiger partial charge in [-0.15, -0.1) is 0 Å². The highest BCUT2D eigenvalue weighted by atomic mass is 19.3. The van der Waals surface area contributed by atoms with Crippen molar-refractivity contribution in [3.63, 3.8) is 0 Å². The monoisotopic (exact) mass is 238 g/mol. The Kier molecular flexibility index (Phi) is 3.27. The average Bonchev–Trinajstić information content (AvgIpc) is 2.16. The summed E-state index contributed by atoms with van der Waals surface area (Å²) in [5, 5.41) is 0. The molecule has 1 rings (SSSR count). The van der Waals surface area contributed by atoms with E-state index in [2.05, 4.69) is 10.2 Å². The first kappa shape index (κ1) is 12.6. The van der Waals surface area contributed by atoms with Gasteiger partial charge in [0.25, 0.3) is 0 Å². The standard InChI is InChI=1S/C9H10F4N2O/c1-8(10,11)9(12,13)16-7-4-2-6(15-14)3-5-7/h2-5,15H,14H2,1H3. The molecule has 1 aromatic carbocycles. The van der Waals surface area contributed by atoms with Crippen LogP contribution in [0.2, 0.25) is 0 Å². The van der Waals surface area contributed by atoms with Gasteiger partial charge in [-0.1, -0.05) is 0 Å². The van der Waals surface area contributed by atoms with E-state index in [1.54, 1.807) is 0 Å². The van der Waals surface area contributed by atoms with Crippen molar-refractivity contribution in [1.29, 1.82) is 0 Å². The van der Waals surface area contributed by atoms with E-state index in [0.717, 1.165) is 12.1 Å². The molecule has 1 aromatic rings. The molecule has 90 valence electrons. The summed E-state index contributed by atoms with van der Waals surface area (Å²) in [7, 11) is 0. The van der Waals surface area contributed by atoms with E-state index in [4.69, 9.17) is 5.84 Å². The van der Waals surface area contributed by atoms with Crippen LogP contribution in [-0.4, -0.2) is 12.0 Å². The molecule has 16 heavy (non-hydrogen) atoms. The smallest absolute Gasteiger partial charge is 0.428 e. The summed E-state index contributed by atoms with van der Waals surface area (Å²) in [5.74, 6) is 0.415. The van der Waals surface area contributed by atoms with Crippen molar-refractivity contribution in [2.24, 2.45) is 5.84 Å². The molecule has 7 heteroatoms. The van der Waals surface area contributed by atoms with Crippen LogP contribution in [0.25, 0.3) is 0 Å². The highest BCUT2D eigenvalue weighted by molar-refractivity contribution is 5.45. The van der Waals surface area contributed by atoms with Crippen molar-refractivity contribution in [3.05, 3.63) is 24.3 Å². The number of hydrogen-bond acceptors (Lipinski definition) is 3. The maximum atomic E-state index is 12.8. The summed E-state index contributed by atoms with van der Waals surface area (Å²) in [6.07, 6.45) is -4.55. The number of benzene rings is 1. The van der Waals surface area contributed by atoms with Gasteiger partial charge in [-0.3, -0.25) is 5.84 Å². The molecule has 0 saturated heterocycles. The Morgan fingerprint density at radius 3 is 2.00 bits per heavy atom. The zero-order valence-corrected chi connectivity index (χ0v) is 8.31. The van der Waals surface area contributed by atoms with E-state index < -0.39 is 12.0 Å². The molecule has 0 atom stereocenters. The van der Waals surface area contributed by atoms with E-state index in [9.17, 15) is 17.6 Å². The maximum Gasteiger partial charge on any atom is 0.463 e. The fourth-order valence-electron chi connectivity index (χ4n) is 0.857. The number of nitrogen functional groups attached to an aromatic ring is 1. The molecule has 3 nitrogen and oxygen atoms in total. The number of nitrogens with two attached hydrogens (primary N) is 1. The van der Waals surface area contributed by atoms with Crippen LogP contribution in [0.15, 0.2) is 24.3 Å². The fraction of sp³-hybridized carbons (Fsp3) is 0.333. The molecule has 0 aliphatic carbocycles. The highest BCUT2D eigenvalue weighted by Gasteiger charge is 2.55. The van der Waals surface area contributed by atoms with E-state index in [1.165, 1.54) is 12.1 Å². The van der Waals surface area contributed by atoms with Gasteiger partial charge in [0.2, 0.25) is 0 Å². The number of hydrazine groups is 1. The second kappa shape index (κ2) is 4.17. The molecule has 0 radical (unpaired) electrons. The summed E-state index contributed by atoms with van der Waals surface area (Å²) in [5.41, 5.74) is 2.70. The number of nitrogens with one attached hydrogen (secondary N) is 1. The maximum absolute atomic E-state index is 12.8. The zero-order valence-electron chi connectivity index (χ0n) is 8.31. The number of alkyl halides is 4. The van der Waals surface area contributed by atoms with Crippen molar-refractivity contribution >= 4 is 5.69 Å². The van der Waals surface area contributed by atoms with E-state index in [1.807, 2.05) is 0 Å². The van der Waals surface area contributed by atoms with Crippen LogP contribution < -0.4 is 16.0 Å². The first-order valence-electron chi connectivity index (χ1n) is 4.27. The molecule has 0 aliphatic heterocycles. The van der Waals surface area contributed by atoms with Gasteiger partial charge in [-0.05, 0) is 24.3 Å². The Balaban J connectivity index is 2.80. The molecule has 0 aliphatic rings. The lowest BCUT2D eigenvalue weighted by molar-refractivity contribution is -0.301. The minimum Gasteiger partial charge on any atom is -0.428 e. The van der Waals surface area contributed by atoms with Crippen LogP contribution in [0.1, 0.15) is 6.92 Å². The summed E-state index contributed by atoms with van der Waals surface area (Å²) in [4.78, 5) is 0. The lowest BCUT2D eigenvalue weighted by Crippen LogP contribution is -2.42. The van der Waals surface area contributed by atoms with Crippen molar-refractivity contribution in [2.75, 3.05) is 5.43 Å². The minimum absolute atomic E-state index is 0.0861. The normalized spacial score (nSPS) is 12.4. The molecular formula is C9H10F4N2O. The average molecular weight is 238 g/mol. The van der Waals surface area contributed by atoms with Crippen LogP contribution in [0.3, 0.4) is 0 Å². The van der Waals surface area contributed by atoms with Crippen LogP contribution >= 0.6 is 0 Å². The van der Waals surface area contributed by atoms with E-state index in [-0.39, 0.29) is 12.7 Å². The SMILES string of the molecule is CC(F)(F)C(F)(F)Oc1ccc(NN)cc1. The van der Waals surface area contributed by atoms with Crippen molar-refractivity contribution in [1.82, 2.24) is 0 Å². The van der Waals surface area contributed by atoms with Crippen LogP contribution in [0, 0.1) is 0 Å². The molecule has 0 heterocycles. The van der Waals surface area contributed by atoms with Gasteiger partial charge in [-0.25, -0.2) is 0 Å². The third kappa shape index (κ3) is 2.75. The van der Waals surface area contributed by atoms with Gasteiger partial charge in [0.15, 0.2) is 0 Å². The Bertz CT molecular complexity index is 348. The number of ether oxygens (including phenoxy) is 1. The third-order valence-corrected chi connectivity index (χ3v) is 1.78. The number of hydrogen-bond donors (Lipinski definition) is 2. The molecule has 0 unspecified atom stereocenters. The van der Waals surface area contributed by atoms with Gasteiger partial charge in [0.05, 0.1) is 0 Å². The predicted molar refractivity (Wildman–Crippen MR) is 50.4 cm³/mol. The molecular weight excluding hydrogens is 228 g/mol. The largest absolute Gasteiger partial charge is 0.463 e. The van der Waals surface area contributed by atoms with Crippen molar-refractivity contribution in [2.45, 2.75) is 19.0 Å². The fourth-order valence-corrected chi connectivity index (χ4v) is 0.857. The van der Waals surface area contributed by atoms with Crippen LogP contribution in [-0.2, 0) is 0 Å². The third-order valence-electron chi connectivity index (χ3n) is 1.78. The zero-order chi connectivity index (χ0) is 12.4. The quantitative estimate of drug-likeness (QED) is 0.481. The number of anilines is 1. The second-order valence-corrected chi connectivity index (χ2v) is 3.18. The van der Waals surface area contributed by atoms with Gasteiger partial charge in [0, 0.05) is 12.6 Å². The summed E-state index contributed by atoms with van der Waals surface area (Å²) in [6, 6.07) is 4.85. The minimum atomic E-state index is -4.55. The number of rotatable bonds is 4. The topological polar surface area (TPSA) is 47.3 Å². The number of halogens is 4. The molecule has 0 amide bonds. The van der Waals surface area contributed by atoms with Gasteiger partial charge in [-0.2, -0.15) is 17.6 Å². The predicted octanol–water partition coefficient (Wildman–Crippen LogP) is 2.60. The first-order valence-corrected chi connectivity index (χ1v) is 4.27. The summed E-state index contributed by atoms with van der Waals surface area (Å²) < 4.78 is 54.3. The molecule has 3 N–H and O–H groups in total. The molecule has 0 spiro atoms. The summed E-state index contributed by atoms with van der Waals surface area (Å²) in [6.45, 7) is 0.0861. The van der Waals surface area contributed by atoms with Gasteiger partial charge < -0.3 is 10.2 Å². The van der Waals surface area contributed by atoms with Gasteiger partial charge >= 0.3 is 12.0 Å². The molecule has 0 bridgehead atoms. The van der Waals surface area contributed by atoms with Crippen molar-refractivity contribution < 1.29 is 22.3 Å². The van der Waals surface area contributed by atoms with Gasteiger partial charge in [0.1, 0.15) is 5.75 Å². The summed E-state index contributed by atoms with van der Waals surface area (Å²) >= 11 is 0.